The smallest absolute Gasteiger partial charge is 0.305 e. The van der Waals surface area contributed by atoms with Crippen molar-refractivity contribution in [2.24, 2.45) is 0 Å². The Kier molecular flexibility index (Phi) is 2.07. The minimum atomic E-state index is -0.207. The van der Waals surface area contributed by atoms with Gasteiger partial charge in [0.25, 0.3) is 0 Å². The largest absolute Gasteiger partial charge is 0.347 e. The second kappa shape index (κ2) is 3.45. The molecule has 4 nitrogen and oxygen atoms in total. The minimum absolute atomic E-state index is 0.207. The molecule has 1 aromatic carbocycles. The van der Waals surface area contributed by atoms with E-state index >= 15 is 0 Å². The Morgan fingerprint density at radius 3 is 3.00 bits per heavy atom. The second-order valence-electron chi connectivity index (χ2n) is 3.54. The Hall–Kier alpha value is -1.62. The van der Waals surface area contributed by atoms with E-state index in [1.165, 1.54) is 4.52 Å². The molecule has 0 saturated heterocycles. The van der Waals surface area contributed by atoms with Crippen molar-refractivity contribution in [2.45, 2.75) is 5.33 Å². The maximum absolute atomic E-state index is 11.8. The lowest BCUT2D eigenvalue weighted by Gasteiger charge is -1.98. The van der Waals surface area contributed by atoms with Crippen LogP contribution in [0.2, 0.25) is 0 Å². The molecule has 0 radical (unpaired) electrons. The molecule has 0 saturated carbocycles. The number of para-hydroxylation sites is 1. The normalized spacial score (nSPS) is 11.3. The molecule has 5 heteroatoms. The van der Waals surface area contributed by atoms with Gasteiger partial charge in [-0.3, -0.25) is 0 Å². The number of hydrogen-bond acceptors (Lipinski definition) is 2. The Morgan fingerprint density at radius 1 is 1.38 bits per heavy atom. The molecule has 0 bridgehead atoms. The molecule has 0 spiro atoms. The first-order valence-electron chi connectivity index (χ1n) is 4.85. The summed E-state index contributed by atoms with van der Waals surface area (Å²) in [6.07, 6.45) is 0. The molecule has 0 aliphatic rings. The number of halogens is 1. The van der Waals surface area contributed by atoms with Crippen LogP contribution in [0, 0.1) is 0 Å². The molecule has 1 N–H and O–H groups in total. The lowest BCUT2D eigenvalue weighted by atomic mass is 10.2. The summed E-state index contributed by atoms with van der Waals surface area (Å²) in [7, 11) is 0. The predicted octanol–water partition coefficient (Wildman–Crippen LogP) is 2.07. The first kappa shape index (κ1) is 9.59. The van der Waals surface area contributed by atoms with Crippen molar-refractivity contribution in [3.05, 3.63) is 46.5 Å². The Morgan fingerprint density at radius 2 is 2.19 bits per heavy atom. The lowest BCUT2D eigenvalue weighted by molar-refractivity contribution is 0.862. The van der Waals surface area contributed by atoms with Gasteiger partial charge in [-0.2, -0.15) is 9.61 Å². The number of alkyl halides is 1. The standard InChI is InChI=1S/C11H8BrN3O/c12-6-7-5-10-8-3-1-2-4-9(8)13-11(16)15(10)14-7/h1-5H,6H2,(H,13,16). The number of rotatable bonds is 1. The highest BCUT2D eigenvalue weighted by Crippen LogP contribution is 2.17. The molecule has 0 aliphatic heterocycles. The highest BCUT2D eigenvalue weighted by Gasteiger charge is 2.07. The van der Waals surface area contributed by atoms with E-state index in [0.717, 1.165) is 22.1 Å². The summed E-state index contributed by atoms with van der Waals surface area (Å²) in [6, 6.07) is 9.63. The molecule has 0 aliphatic carbocycles. The van der Waals surface area contributed by atoms with E-state index in [4.69, 9.17) is 0 Å². The third kappa shape index (κ3) is 1.28. The number of aromatic amines is 1. The van der Waals surface area contributed by atoms with Crippen molar-refractivity contribution >= 4 is 32.3 Å². The first-order chi connectivity index (χ1) is 7.79. The average Bonchev–Trinajstić information content (AvgIpc) is 2.74. The van der Waals surface area contributed by atoms with Crippen molar-refractivity contribution in [1.29, 1.82) is 0 Å². The summed E-state index contributed by atoms with van der Waals surface area (Å²) >= 11 is 3.34. The van der Waals surface area contributed by atoms with Crippen LogP contribution in [0.25, 0.3) is 16.4 Å². The van der Waals surface area contributed by atoms with Gasteiger partial charge in [0, 0.05) is 10.7 Å². The van der Waals surface area contributed by atoms with Crippen LogP contribution >= 0.6 is 15.9 Å². The summed E-state index contributed by atoms with van der Waals surface area (Å²) in [5.74, 6) is 0. The fourth-order valence-electron chi connectivity index (χ4n) is 1.83. The topological polar surface area (TPSA) is 50.2 Å². The van der Waals surface area contributed by atoms with Crippen molar-refractivity contribution in [2.75, 3.05) is 0 Å². The zero-order valence-corrected chi connectivity index (χ0v) is 9.86. The first-order valence-corrected chi connectivity index (χ1v) is 5.97. The van der Waals surface area contributed by atoms with E-state index in [1.54, 1.807) is 0 Å². The van der Waals surface area contributed by atoms with Crippen molar-refractivity contribution < 1.29 is 0 Å². The highest BCUT2D eigenvalue weighted by molar-refractivity contribution is 9.08. The molecule has 0 atom stereocenters. The van der Waals surface area contributed by atoms with E-state index in [9.17, 15) is 4.79 Å². The molecular formula is C11H8BrN3O. The fraction of sp³-hybridized carbons (Fsp3) is 0.0909. The highest BCUT2D eigenvalue weighted by atomic mass is 79.9. The Labute approximate surface area is 99.0 Å². The molecule has 0 fully saturated rings. The molecule has 3 rings (SSSR count). The Balaban J connectivity index is 2.57. The van der Waals surface area contributed by atoms with Crippen LogP contribution in [0.1, 0.15) is 5.69 Å². The third-order valence-corrected chi connectivity index (χ3v) is 3.11. The molecular weight excluding hydrogens is 270 g/mol. The van der Waals surface area contributed by atoms with Gasteiger partial charge < -0.3 is 4.98 Å². The third-order valence-electron chi connectivity index (χ3n) is 2.53. The molecule has 16 heavy (non-hydrogen) atoms. The van der Waals surface area contributed by atoms with Crippen molar-refractivity contribution in [3.63, 3.8) is 0 Å². The van der Waals surface area contributed by atoms with Crippen LogP contribution in [0.3, 0.4) is 0 Å². The molecule has 0 unspecified atom stereocenters. The van der Waals surface area contributed by atoms with Gasteiger partial charge in [-0.15, -0.1) is 0 Å². The number of H-pyrrole nitrogens is 1. The van der Waals surface area contributed by atoms with E-state index in [-0.39, 0.29) is 5.69 Å². The fourth-order valence-corrected chi connectivity index (χ4v) is 2.10. The predicted molar refractivity (Wildman–Crippen MR) is 65.9 cm³/mol. The van der Waals surface area contributed by atoms with Gasteiger partial charge in [-0.1, -0.05) is 34.1 Å². The number of nitrogens with one attached hydrogen (secondary N) is 1. The minimum Gasteiger partial charge on any atom is -0.305 e. The quantitative estimate of drug-likeness (QED) is 0.693. The number of benzene rings is 1. The van der Waals surface area contributed by atoms with Gasteiger partial charge in [0.2, 0.25) is 0 Å². The monoisotopic (exact) mass is 277 g/mol. The van der Waals surface area contributed by atoms with E-state index in [2.05, 4.69) is 26.0 Å². The van der Waals surface area contributed by atoms with Gasteiger partial charge in [0.05, 0.1) is 16.7 Å². The van der Waals surface area contributed by atoms with Gasteiger partial charge in [-0.05, 0) is 12.1 Å². The van der Waals surface area contributed by atoms with Crippen LogP contribution in [0.15, 0.2) is 35.1 Å². The molecule has 0 amide bonds. The summed E-state index contributed by atoms with van der Waals surface area (Å²) < 4.78 is 1.40. The molecule has 2 heterocycles. The van der Waals surface area contributed by atoms with Gasteiger partial charge in [0.15, 0.2) is 0 Å². The maximum Gasteiger partial charge on any atom is 0.347 e. The SMILES string of the molecule is O=c1[nH]c2ccccc2c2cc(CBr)nn12. The van der Waals surface area contributed by atoms with Gasteiger partial charge >= 0.3 is 5.69 Å². The van der Waals surface area contributed by atoms with Crippen LogP contribution in [0.4, 0.5) is 0 Å². The van der Waals surface area contributed by atoms with Gasteiger partial charge in [-0.25, -0.2) is 4.79 Å². The van der Waals surface area contributed by atoms with E-state index < -0.39 is 0 Å². The molecule has 2 aromatic heterocycles. The second-order valence-corrected chi connectivity index (χ2v) is 4.10. The zero-order valence-electron chi connectivity index (χ0n) is 8.27. The van der Waals surface area contributed by atoms with Crippen LogP contribution in [-0.4, -0.2) is 14.6 Å². The van der Waals surface area contributed by atoms with Crippen molar-refractivity contribution in [3.8, 4) is 0 Å². The lowest BCUT2D eigenvalue weighted by Crippen LogP contribution is -2.17. The van der Waals surface area contributed by atoms with E-state index in [1.807, 2.05) is 30.3 Å². The van der Waals surface area contributed by atoms with Crippen LogP contribution < -0.4 is 5.69 Å². The Bertz CT molecular complexity index is 729. The summed E-state index contributed by atoms with van der Waals surface area (Å²) in [5.41, 5.74) is 2.32. The molecule has 3 aromatic rings. The number of fused-ring (bicyclic) bond motifs is 3. The van der Waals surface area contributed by atoms with Crippen molar-refractivity contribution in [1.82, 2.24) is 14.6 Å². The van der Waals surface area contributed by atoms with Crippen LogP contribution in [-0.2, 0) is 5.33 Å². The molecule has 80 valence electrons. The summed E-state index contributed by atoms with van der Waals surface area (Å²) in [6.45, 7) is 0. The van der Waals surface area contributed by atoms with Crippen LogP contribution in [0.5, 0.6) is 0 Å². The van der Waals surface area contributed by atoms with Gasteiger partial charge in [0.1, 0.15) is 0 Å². The number of aromatic nitrogens is 3. The van der Waals surface area contributed by atoms with E-state index in [0.29, 0.717) is 5.33 Å². The zero-order chi connectivity index (χ0) is 11.1. The number of hydrogen-bond donors (Lipinski definition) is 1. The summed E-state index contributed by atoms with van der Waals surface area (Å²) in [4.78, 5) is 14.6. The summed E-state index contributed by atoms with van der Waals surface area (Å²) in [5, 5.41) is 5.85. The average molecular weight is 278 g/mol. The maximum atomic E-state index is 11.8. The number of nitrogens with zero attached hydrogens (tertiary/aromatic N) is 2.